The monoisotopic (exact) mass is 412 g/mol. The van der Waals surface area contributed by atoms with Crippen LogP contribution in [-0.4, -0.2) is 41.7 Å². The Hall–Kier alpha value is -2.44. The van der Waals surface area contributed by atoms with E-state index in [0.717, 1.165) is 31.4 Å². The van der Waals surface area contributed by atoms with Gasteiger partial charge in [-0.3, -0.25) is 9.59 Å². The Kier molecular flexibility index (Phi) is 7.10. The fourth-order valence-electron chi connectivity index (χ4n) is 4.36. The van der Waals surface area contributed by atoms with Crippen molar-refractivity contribution in [2.24, 2.45) is 5.92 Å². The summed E-state index contributed by atoms with van der Waals surface area (Å²) >= 11 is 0. The molecule has 6 heteroatoms. The molecule has 0 saturated carbocycles. The van der Waals surface area contributed by atoms with E-state index >= 15 is 0 Å². The SMILES string of the molecule is C=CCN1C(=O)[C@@](O)([C@@H](C)/C=C/CCO)c2cc(N3CCCCCCC3=O)ccc21. The number of nitrogens with zero attached hydrogens (tertiary/aromatic N) is 2. The molecule has 0 aliphatic carbocycles. The number of hydrogen-bond donors (Lipinski definition) is 2. The normalized spacial score (nSPS) is 23.4. The highest BCUT2D eigenvalue weighted by Gasteiger charge is 2.52. The molecule has 1 saturated heterocycles. The molecule has 1 aromatic carbocycles. The third-order valence-electron chi connectivity index (χ3n) is 6.08. The topological polar surface area (TPSA) is 81.1 Å². The lowest BCUT2D eigenvalue weighted by Crippen LogP contribution is -2.44. The number of fused-ring (bicyclic) bond motifs is 1. The quantitative estimate of drug-likeness (QED) is 0.674. The number of aliphatic hydroxyl groups excluding tert-OH is 1. The van der Waals surface area contributed by atoms with E-state index in [0.29, 0.717) is 37.2 Å². The van der Waals surface area contributed by atoms with E-state index < -0.39 is 17.4 Å². The van der Waals surface area contributed by atoms with Crippen LogP contribution in [0.3, 0.4) is 0 Å². The average molecular weight is 413 g/mol. The number of rotatable bonds is 7. The third-order valence-corrected chi connectivity index (χ3v) is 6.08. The Morgan fingerprint density at radius 2 is 2.00 bits per heavy atom. The number of benzene rings is 1. The molecule has 2 N–H and O–H groups in total. The molecule has 162 valence electrons. The Morgan fingerprint density at radius 1 is 1.23 bits per heavy atom. The second-order valence-electron chi connectivity index (χ2n) is 8.11. The van der Waals surface area contributed by atoms with Gasteiger partial charge < -0.3 is 20.0 Å². The summed E-state index contributed by atoms with van der Waals surface area (Å²) in [6.45, 7) is 6.48. The minimum Gasteiger partial charge on any atom is -0.396 e. The van der Waals surface area contributed by atoms with Gasteiger partial charge in [-0.1, -0.05) is 38.0 Å². The summed E-state index contributed by atoms with van der Waals surface area (Å²) < 4.78 is 0. The lowest BCUT2D eigenvalue weighted by molar-refractivity contribution is -0.139. The van der Waals surface area contributed by atoms with E-state index in [-0.39, 0.29) is 12.5 Å². The number of hydrogen-bond acceptors (Lipinski definition) is 4. The first kappa shape index (κ1) is 22.2. The predicted molar refractivity (Wildman–Crippen MR) is 118 cm³/mol. The van der Waals surface area contributed by atoms with Gasteiger partial charge in [0.05, 0.1) is 5.69 Å². The molecular formula is C24H32N2O4. The standard InChI is InChI=1S/C24H32N2O4/c1-3-14-26-21-13-12-19(25-15-8-5-4-6-11-22(25)28)17-20(21)24(30,23(26)29)18(2)10-7-9-16-27/h3,7,10,12-13,17-18,27,30H,1,4-6,8-9,11,14-16H2,2H3/b10-7+/t18-,24+/m0/s1. The highest BCUT2D eigenvalue weighted by molar-refractivity contribution is 6.08. The summed E-state index contributed by atoms with van der Waals surface area (Å²) in [7, 11) is 0. The van der Waals surface area contributed by atoms with Crippen LogP contribution in [0.5, 0.6) is 0 Å². The molecule has 1 aromatic rings. The number of anilines is 2. The van der Waals surface area contributed by atoms with E-state index in [1.54, 1.807) is 36.1 Å². The maximum atomic E-state index is 13.3. The van der Waals surface area contributed by atoms with Crippen molar-refractivity contribution in [3.63, 3.8) is 0 Å². The van der Waals surface area contributed by atoms with Crippen LogP contribution in [0, 0.1) is 5.92 Å². The zero-order valence-electron chi connectivity index (χ0n) is 17.7. The molecule has 30 heavy (non-hydrogen) atoms. The van der Waals surface area contributed by atoms with E-state index in [1.807, 2.05) is 12.1 Å². The summed E-state index contributed by atoms with van der Waals surface area (Å²) in [5, 5.41) is 20.7. The van der Waals surface area contributed by atoms with Crippen molar-refractivity contribution in [1.29, 1.82) is 0 Å². The van der Waals surface area contributed by atoms with Crippen LogP contribution in [0.2, 0.25) is 0 Å². The Labute approximate surface area is 178 Å². The summed E-state index contributed by atoms with van der Waals surface area (Å²) in [5.74, 6) is -0.806. The van der Waals surface area contributed by atoms with Gasteiger partial charge in [0, 0.05) is 43.3 Å². The van der Waals surface area contributed by atoms with Gasteiger partial charge in [-0.15, -0.1) is 6.58 Å². The van der Waals surface area contributed by atoms with Crippen molar-refractivity contribution >= 4 is 23.2 Å². The van der Waals surface area contributed by atoms with Gasteiger partial charge in [-0.2, -0.15) is 0 Å². The molecule has 2 atom stereocenters. The molecule has 0 bridgehead atoms. The second-order valence-corrected chi connectivity index (χ2v) is 8.11. The van der Waals surface area contributed by atoms with Crippen LogP contribution < -0.4 is 9.80 Å². The highest BCUT2D eigenvalue weighted by Crippen LogP contribution is 2.46. The van der Waals surface area contributed by atoms with Gasteiger partial charge in [0.15, 0.2) is 5.60 Å². The van der Waals surface area contributed by atoms with E-state index in [2.05, 4.69) is 6.58 Å². The smallest absolute Gasteiger partial charge is 0.264 e. The molecule has 2 amide bonds. The Bertz CT molecular complexity index is 834. The molecule has 3 rings (SSSR count). The minimum atomic E-state index is -1.73. The maximum absolute atomic E-state index is 13.3. The van der Waals surface area contributed by atoms with Crippen molar-refractivity contribution < 1.29 is 19.8 Å². The molecule has 2 aliphatic rings. The van der Waals surface area contributed by atoms with Crippen molar-refractivity contribution in [2.75, 3.05) is 29.5 Å². The van der Waals surface area contributed by atoms with Gasteiger partial charge in [-0.05, 0) is 37.5 Å². The van der Waals surface area contributed by atoms with Crippen molar-refractivity contribution in [1.82, 2.24) is 0 Å². The summed E-state index contributed by atoms with van der Waals surface area (Å²) in [5.41, 5.74) is 0.154. The van der Waals surface area contributed by atoms with Gasteiger partial charge in [0.1, 0.15) is 0 Å². The number of carbonyl (C=O) groups is 2. The van der Waals surface area contributed by atoms with Crippen molar-refractivity contribution in [2.45, 2.75) is 51.0 Å². The molecule has 2 aliphatic heterocycles. The van der Waals surface area contributed by atoms with Crippen LogP contribution in [0.1, 0.15) is 51.0 Å². The Morgan fingerprint density at radius 3 is 2.73 bits per heavy atom. The average Bonchev–Trinajstić information content (AvgIpc) is 2.94. The van der Waals surface area contributed by atoms with E-state index in [4.69, 9.17) is 5.11 Å². The highest BCUT2D eigenvalue weighted by atomic mass is 16.3. The maximum Gasteiger partial charge on any atom is 0.264 e. The predicted octanol–water partition coefficient (Wildman–Crippen LogP) is 3.28. The first-order chi connectivity index (χ1) is 14.4. The fourth-order valence-corrected chi connectivity index (χ4v) is 4.36. The molecular weight excluding hydrogens is 380 g/mol. The second kappa shape index (κ2) is 9.58. The molecule has 0 radical (unpaired) electrons. The minimum absolute atomic E-state index is 0.00991. The summed E-state index contributed by atoms with van der Waals surface area (Å²) in [6.07, 6.45) is 10.2. The number of amides is 2. The lowest BCUT2D eigenvalue weighted by Gasteiger charge is -2.29. The zero-order valence-corrected chi connectivity index (χ0v) is 17.7. The van der Waals surface area contributed by atoms with E-state index in [1.165, 1.54) is 4.90 Å². The zero-order chi connectivity index (χ0) is 21.7. The van der Waals surface area contributed by atoms with E-state index in [9.17, 15) is 14.7 Å². The first-order valence-electron chi connectivity index (χ1n) is 10.8. The van der Waals surface area contributed by atoms with Gasteiger partial charge in [0.2, 0.25) is 5.91 Å². The van der Waals surface area contributed by atoms with Crippen LogP contribution >= 0.6 is 0 Å². The van der Waals surface area contributed by atoms with Crippen LogP contribution in [0.25, 0.3) is 0 Å². The third kappa shape index (κ3) is 4.07. The molecule has 0 spiro atoms. The molecule has 6 nitrogen and oxygen atoms in total. The van der Waals surface area contributed by atoms with Gasteiger partial charge >= 0.3 is 0 Å². The lowest BCUT2D eigenvalue weighted by atomic mass is 9.82. The van der Waals surface area contributed by atoms with Crippen LogP contribution in [0.15, 0.2) is 43.0 Å². The van der Waals surface area contributed by atoms with Crippen LogP contribution in [0.4, 0.5) is 11.4 Å². The summed E-state index contributed by atoms with van der Waals surface area (Å²) in [4.78, 5) is 29.3. The van der Waals surface area contributed by atoms with Crippen molar-refractivity contribution in [3.8, 4) is 0 Å². The molecule has 0 unspecified atom stereocenters. The first-order valence-corrected chi connectivity index (χ1v) is 10.8. The largest absolute Gasteiger partial charge is 0.396 e. The summed E-state index contributed by atoms with van der Waals surface area (Å²) in [6, 6.07) is 5.48. The number of aliphatic hydroxyl groups is 2. The van der Waals surface area contributed by atoms with Gasteiger partial charge in [0.25, 0.3) is 5.91 Å². The number of carbonyl (C=O) groups excluding carboxylic acids is 2. The fraction of sp³-hybridized carbons (Fsp3) is 0.500. The van der Waals surface area contributed by atoms with Gasteiger partial charge in [-0.25, -0.2) is 0 Å². The molecule has 0 aromatic heterocycles. The molecule has 2 heterocycles. The molecule has 1 fully saturated rings. The Balaban J connectivity index is 2.04. The van der Waals surface area contributed by atoms with Crippen molar-refractivity contribution in [3.05, 3.63) is 48.6 Å². The van der Waals surface area contributed by atoms with Crippen LogP contribution in [-0.2, 0) is 15.2 Å².